The number of carbonyl (C=O) groups is 2. The summed E-state index contributed by atoms with van der Waals surface area (Å²) in [5, 5.41) is 3.05. The topological polar surface area (TPSA) is 58.6 Å². The van der Waals surface area contributed by atoms with Crippen LogP contribution in [0.4, 0.5) is 0 Å². The summed E-state index contributed by atoms with van der Waals surface area (Å²) in [4.78, 5) is 26.7. The Bertz CT molecular complexity index is 588. The summed E-state index contributed by atoms with van der Waals surface area (Å²) in [7, 11) is 5.55. The van der Waals surface area contributed by atoms with E-state index in [-0.39, 0.29) is 23.1 Å². The van der Waals surface area contributed by atoms with Crippen molar-refractivity contribution in [2.45, 2.75) is 18.8 Å². The van der Waals surface area contributed by atoms with Crippen molar-refractivity contribution in [2.24, 2.45) is 0 Å². The average molecular weight is 316 g/mol. The maximum atomic E-state index is 12.3. The molecular weight excluding hydrogens is 292 g/mol. The van der Waals surface area contributed by atoms with Gasteiger partial charge in [0.15, 0.2) is 11.6 Å². The molecule has 2 rings (SSSR count). The minimum Gasteiger partial charge on any atom is -0.496 e. The summed E-state index contributed by atoms with van der Waals surface area (Å²) in [6.07, 6.45) is 2.26. The summed E-state index contributed by atoms with van der Waals surface area (Å²) in [6.45, 7) is 1.54. The molecule has 0 spiro atoms. The van der Waals surface area contributed by atoms with Gasteiger partial charge in [0.25, 0.3) is 0 Å². The lowest BCUT2D eigenvalue weighted by atomic mass is 9.80. The van der Waals surface area contributed by atoms with Crippen LogP contribution in [0.2, 0.25) is 0 Å². The molecule has 5 heteroatoms. The van der Waals surface area contributed by atoms with Gasteiger partial charge >= 0.3 is 0 Å². The van der Waals surface area contributed by atoms with Crippen molar-refractivity contribution in [3.05, 3.63) is 41.6 Å². The van der Waals surface area contributed by atoms with Gasteiger partial charge in [0.1, 0.15) is 5.75 Å². The van der Waals surface area contributed by atoms with Crippen LogP contribution in [-0.4, -0.2) is 50.8 Å². The second-order valence-corrected chi connectivity index (χ2v) is 6.01. The molecule has 0 aromatic heterocycles. The molecule has 0 bridgehead atoms. The number of ketones is 2. The van der Waals surface area contributed by atoms with Crippen LogP contribution in [0.5, 0.6) is 5.75 Å². The number of carbonyl (C=O) groups excluding carboxylic acids is 2. The van der Waals surface area contributed by atoms with Crippen LogP contribution in [0.25, 0.3) is 0 Å². The first-order chi connectivity index (χ1) is 11.0. The van der Waals surface area contributed by atoms with Gasteiger partial charge in [-0.3, -0.25) is 9.59 Å². The number of hydrogen-bond donors (Lipinski definition) is 1. The van der Waals surface area contributed by atoms with E-state index in [0.717, 1.165) is 17.9 Å². The maximum absolute atomic E-state index is 12.3. The van der Waals surface area contributed by atoms with E-state index in [0.29, 0.717) is 19.4 Å². The Morgan fingerprint density at radius 2 is 1.87 bits per heavy atom. The molecule has 1 N–H and O–H groups in total. The monoisotopic (exact) mass is 316 g/mol. The van der Waals surface area contributed by atoms with Crippen LogP contribution in [0.15, 0.2) is 36.0 Å². The molecule has 1 aromatic carbocycles. The van der Waals surface area contributed by atoms with Crippen LogP contribution in [0, 0.1) is 0 Å². The normalized spacial score (nSPS) is 18.3. The van der Waals surface area contributed by atoms with Gasteiger partial charge in [-0.15, -0.1) is 0 Å². The van der Waals surface area contributed by atoms with Crippen LogP contribution in [0.1, 0.15) is 24.3 Å². The van der Waals surface area contributed by atoms with E-state index in [2.05, 4.69) is 5.32 Å². The minimum atomic E-state index is -0.106. The molecule has 5 nitrogen and oxygen atoms in total. The molecule has 0 saturated heterocycles. The Kier molecular flexibility index (Phi) is 5.93. The number of nitrogens with one attached hydrogen (secondary N) is 1. The average Bonchev–Trinajstić information content (AvgIpc) is 2.53. The maximum Gasteiger partial charge on any atom is 0.168 e. The molecular formula is C18H24N2O3. The van der Waals surface area contributed by atoms with Crippen molar-refractivity contribution in [2.75, 3.05) is 34.3 Å². The first kappa shape index (κ1) is 17.2. The number of methoxy groups -OCH3 is 1. The largest absolute Gasteiger partial charge is 0.496 e. The fourth-order valence-corrected chi connectivity index (χ4v) is 2.74. The van der Waals surface area contributed by atoms with Crippen molar-refractivity contribution in [3.63, 3.8) is 0 Å². The fourth-order valence-electron chi connectivity index (χ4n) is 2.74. The zero-order valence-corrected chi connectivity index (χ0v) is 14.0. The number of ether oxygens (including phenoxy) is 1. The van der Waals surface area contributed by atoms with Gasteiger partial charge in [-0.1, -0.05) is 18.2 Å². The van der Waals surface area contributed by atoms with Crippen molar-refractivity contribution in [1.82, 2.24) is 10.2 Å². The first-order valence-electron chi connectivity index (χ1n) is 7.80. The van der Waals surface area contributed by atoms with Crippen LogP contribution < -0.4 is 10.1 Å². The highest BCUT2D eigenvalue weighted by molar-refractivity contribution is 6.22. The third-order valence-corrected chi connectivity index (χ3v) is 3.99. The predicted octanol–water partition coefficient (Wildman–Crippen LogP) is 1.75. The van der Waals surface area contributed by atoms with Gasteiger partial charge in [-0.25, -0.2) is 0 Å². The standard InChI is InChI=1S/C18H24N2O3/c1-20(2)9-8-19-12-15-16(21)10-13(11-17(15)22)14-6-4-5-7-18(14)23-3/h4-7,12-13,19H,8-11H2,1-3H3. The molecule has 124 valence electrons. The smallest absolute Gasteiger partial charge is 0.168 e. The third kappa shape index (κ3) is 4.42. The van der Waals surface area contributed by atoms with Crippen molar-refractivity contribution in [1.29, 1.82) is 0 Å². The summed E-state index contributed by atoms with van der Waals surface area (Å²) in [5.74, 6) is 0.420. The van der Waals surface area contributed by atoms with Gasteiger partial charge in [-0.05, 0) is 25.7 Å². The Labute approximate surface area is 137 Å². The molecule has 1 aliphatic rings. The molecule has 0 aliphatic heterocycles. The lowest BCUT2D eigenvalue weighted by Gasteiger charge is -2.24. The highest BCUT2D eigenvalue weighted by Gasteiger charge is 2.32. The molecule has 0 heterocycles. The zero-order valence-electron chi connectivity index (χ0n) is 14.0. The zero-order chi connectivity index (χ0) is 16.8. The Balaban J connectivity index is 2.06. The van der Waals surface area contributed by atoms with E-state index in [9.17, 15) is 9.59 Å². The van der Waals surface area contributed by atoms with Gasteiger partial charge < -0.3 is 15.0 Å². The quantitative estimate of drug-likeness (QED) is 0.492. The van der Waals surface area contributed by atoms with Crippen molar-refractivity contribution < 1.29 is 14.3 Å². The van der Waals surface area contributed by atoms with Crippen LogP contribution >= 0.6 is 0 Å². The molecule has 1 aliphatic carbocycles. The first-order valence-corrected chi connectivity index (χ1v) is 7.80. The highest BCUT2D eigenvalue weighted by Crippen LogP contribution is 2.36. The van der Waals surface area contributed by atoms with E-state index < -0.39 is 0 Å². The van der Waals surface area contributed by atoms with Crippen molar-refractivity contribution >= 4 is 11.6 Å². The van der Waals surface area contributed by atoms with E-state index in [1.807, 2.05) is 43.3 Å². The lowest BCUT2D eigenvalue weighted by Crippen LogP contribution is -2.28. The van der Waals surface area contributed by atoms with E-state index in [1.54, 1.807) is 13.3 Å². The Morgan fingerprint density at radius 1 is 1.22 bits per heavy atom. The van der Waals surface area contributed by atoms with Crippen LogP contribution in [0.3, 0.4) is 0 Å². The van der Waals surface area contributed by atoms with E-state index in [1.165, 1.54) is 0 Å². The summed E-state index contributed by atoms with van der Waals surface area (Å²) in [6, 6.07) is 7.57. The second-order valence-electron chi connectivity index (χ2n) is 6.01. The fraction of sp³-hybridized carbons (Fsp3) is 0.444. The van der Waals surface area contributed by atoms with Crippen molar-refractivity contribution in [3.8, 4) is 5.75 Å². The Morgan fingerprint density at radius 3 is 2.48 bits per heavy atom. The number of allylic oxidation sites excluding steroid dienone is 1. The van der Waals surface area contributed by atoms with Crippen LogP contribution in [-0.2, 0) is 9.59 Å². The Hall–Kier alpha value is -2.14. The number of para-hydroxylation sites is 1. The van der Waals surface area contributed by atoms with Gasteiger partial charge in [0.05, 0.1) is 12.7 Å². The third-order valence-electron chi connectivity index (χ3n) is 3.99. The molecule has 0 amide bonds. The number of rotatable bonds is 6. The van der Waals surface area contributed by atoms with Gasteiger partial charge in [0.2, 0.25) is 0 Å². The number of Topliss-reactive ketones (excluding diaryl/α,β-unsaturated/α-hetero) is 2. The molecule has 0 atom stereocenters. The summed E-state index contributed by atoms with van der Waals surface area (Å²) in [5.41, 5.74) is 1.21. The molecule has 1 saturated carbocycles. The van der Waals surface area contributed by atoms with Gasteiger partial charge in [-0.2, -0.15) is 0 Å². The van der Waals surface area contributed by atoms with Gasteiger partial charge in [0, 0.05) is 38.0 Å². The molecule has 1 aromatic rings. The summed E-state index contributed by atoms with van der Waals surface area (Å²) >= 11 is 0. The number of benzene rings is 1. The van der Waals surface area contributed by atoms with E-state index >= 15 is 0 Å². The number of nitrogens with zero attached hydrogens (tertiary/aromatic N) is 1. The highest BCUT2D eigenvalue weighted by atomic mass is 16.5. The predicted molar refractivity (Wildman–Crippen MR) is 89.6 cm³/mol. The summed E-state index contributed by atoms with van der Waals surface area (Å²) < 4.78 is 5.34. The SMILES string of the molecule is COc1ccccc1C1CC(=O)C(=CNCCN(C)C)C(=O)C1. The molecule has 1 fully saturated rings. The van der Waals surface area contributed by atoms with E-state index in [4.69, 9.17) is 4.74 Å². The molecule has 23 heavy (non-hydrogen) atoms. The number of likely N-dealkylation sites (N-methyl/N-ethyl adjacent to an activating group) is 1. The number of hydrogen-bond acceptors (Lipinski definition) is 5. The lowest BCUT2D eigenvalue weighted by molar-refractivity contribution is -0.124. The molecule has 0 radical (unpaired) electrons. The minimum absolute atomic E-state index is 0.102. The molecule has 0 unspecified atom stereocenters. The second kappa shape index (κ2) is 7.92.